The molecular formula is C12H15N3O. The lowest BCUT2D eigenvalue weighted by molar-refractivity contribution is -0.118. The normalized spacial score (nSPS) is 29.2. The number of carbonyl (C=O) groups excluding carboxylic acids is 1. The summed E-state index contributed by atoms with van der Waals surface area (Å²) in [4.78, 5) is 18.0. The van der Waals surface area contributed by atoms with Crippen LogP contribution in [0.15, 0.2) is 24.5 Å². The molecule has 2 saturated heterocycles. The van der Waals surface area contributed by atoms with Crippen LogP contribution in [0, 0.1) is 0 Å². The molecule has 0 radical (unpaired) electrons. The fourth-order valence-corrected chi connectivity index (χ4v) is 2.61. The first-order valence-corrected chi connectivity index (χ1v) is 5.79. The number of carbonyl (C=O) groups is 1. The van der Waals surface area contributed by atoms with Crippen LogP contribution in [-0.2, 0) is 4.79 Å². The highest BCUT2D eigenvalue weighted by molar-refractivity contribution is 5.94. The van der Waals surface area contributed by atoms with Crippen molar-refractivity contribution in [2.45, 2.75) is 31.3 Å². The molecule has 2 aliphatic rings. The van der Waals surface area contributed by atoms with Crippen molar-refractivity contribution < 1.29 is 4.79 Å². The molecule has 84 valence electrons. The standard InChI is InChI=1S/C12H15N3O/c16-12-6-9-3-4-10(14-9)8-15(12)11-2-1-5-13-7-11/h1-2,5,7,9-10,14H,3-4,6,8H2. The van der Waals surface area contributed by atoms with E-state index in [2.05, 4.69) is 10.3 Å². The molecule has 2 bridgehead atoms. The van der Waals surface area contributed by atoms with E-state index in [9.17, 15) is 4.79 Å². The number of anilines is 1. The monoisotopic (exact) mass is 217 g/mol. The average Bonchev–Trinajstić information content (AvgIpc) is 2.66. The van der Waals surface area contributed by atoms with E-state index in [4.69, 9.17) is 0 Å². The zero-order chi connectivity index (χ0) is 11.0. The smallest absolute Gasteiger partial charge is 0.228 e. The van der Waals surface area contributed by atoms with Gasteiger partial charge in [-0.25, -0.2) is 0 Å². The molecule has 1 amide bonds. The Balaban J connectivity index is 1.87. The Hall–Kier alpha value is -1.42. The summed E-state index contributed by atoms with van der Waals surface area (Å²) >= 11 is 0. The van der Waals surface area contributed by atoms with Crippen LogP contribution in [0.25, 0.3) is 0 Å². The molecule has 1 aromatic rings. The van der Waals surface area contributed by atoms with Crippen molar-refractivity contribution in [3.8, 4) is 0 Å². The van der Waals surface area contributed by atoms with Crippen molar-refractivity contribution in [1.29, 1.82) is 0 Å². The molecule has 3 heterocycles. The summed E-state index contributed by atoms with van der Waals surface area (Å²) in [5.41, 5.74) is 0.918. The maximum atomic E-state index is 12.1. The lowest BCUT2D eigenvalue weighted by Gasteiger charge is -2.23. The molecule has 2 atom stereocenters. The minimum absolute atomic E-state index is 0.215. The van der Waals surface area contributed by atoms with Gasteiger partial charge in [0.05, 0.1) is 11.9 Å². The van der Waals surface area contributed by atoms with E-state index in [1.54, 1.807) is 12.4 Å². The topological polar surface area (TPSA) is 45.2 Å². The Labute approximate surface area is 94.7 Å². The highest BCUT2D eigenvalue weighted by Crippen LogP contribution is 2.24. The molecule has 0 aromatic carbocycles. The van der Waals surface area contributed by atoms with E-state index in [1.807, 2.05) is 17.0 Å². The van der Waals surface area contributed by atoms with Crippen molar-refractivity contribution in [3.63, 3.8) is 0 Å². The third-order valence-electron chi connectivity index (χ3n) is 3.42. The zero-order valence-corrected chi connectivity index (χ0v) is 9.10. The van der Waals surface area contributed by atoms with Gasteiger partial charge in [-0.2, -0.15) is 0 Å². The summed E-state index contributed by atoms with van der Waals surface area (Å²) in [5, 5.41) is 3.50. The number of aromatic nitrogens is 1. The van der Waals surface area contributed by atoms with Gasteiger partial charge in [-0.15, -0.1) is 0 Å². The molecule has 2 fully saturated rings. The molecule has 4 heteroatoms. The molecule has 0 spiro atoms. The number of nitrogens with one attached hydrogen (secondary N) is 1. The highest BCUT2D eigenvalue weighted by atomic mass is 16.2. The molecular weight excluding hydrogens is 202 g/mol. The Morgan fingerprint density at radius 1 is 1.38 bits per heavy atom. The third-order valence-corrected chi connectivity index (χ3v) is 3.42. The average molecular weight is 217 g/mol. The number of hydrogen-bond donors (Lipinski definition) is 1. The van der Waals surface area contributed by atoms with Crippen molar-refractivity contribution in [1.82, 2.24) is 10.3 Å². The van der Waals surface area contributed by atoms with Crippen molar-refractivity contribution in [2.75, 3.05) is 11.4 Å². The maximum absolute atomic E-state index is 12.1. The quantitative estimate of drug-likeness (QED) is 0.761. The first-order chi connectivity index (χ1) is 7.83. The minimum atomic E-state index is 0.215. The van der Waals surface area contributed by atoms with Gasteiger partial charge < -0.3 is 10.2 Å². The van der Waals surface area contributed by atoms with Crippen LogP contribution < -0.4 is 10.2 Å². The highest BCUT2D eigenvalue weighted by Gasteiger charge is 2.33. The van der Waals surface area contributed by atoms with Gasteiger partial charge in [0, 0.05) is 31.2 Å². The van der Waals surface area contributed by atoms with Crippen LogP contribution in [0.3, 0.4) is 0 Å². The van der Waals surface area contributed by atoms with Crippen LogP contribution in [0.1, 0.15) is 19.3 Å². The fraction of sp³-hybridized carbons (Fsp3) is 0.500. The first-order valence-electron chi connectivity index (χ1n) is 5.79. The maximum Gasteiger partial charge on any atom is 0.228 e. The number of pyridine rings is 1. The Kier molecular flexibility index (Phi) is 2.36. The van der Waals surface area contributed by atoms with E-state index in [-0.39, 0.29) is 5.91 Å². The van der Waals surface area contributed by atoms with Crippen LogP contribution in [0.2, 0.25) is 0 Å². The number of hydrogen-bond acceptors (Lipinski definition) is 3. The van der Waals surface area contributed by atoms with E-state index < -0.39 is 0 Å². The van der Waals surface area contributed by atoms with Gasteiger partial charge in [0.15, 0.2) is 0 Å². The van der Waals surface area contributed by atoms with Gasteiger partial charge in [-0.1, -0.05) is 0 Å². The zero-order valence-electron chi connectivity index (χ0n) is 9.10. The largest absolute Gasteiger partial charge is 0.309 e. The molecule has 1 aromatic heterocycles. The summed E-state index contributed by atoms with van der Waals surface area (Å²) < 4.78 is 0. The predicted octanol–water partition coefficient (Wildman–Crippen LogP) is 0.939. The van der Waals surface area contributed by atoms with Gasteiger partial charge in [0.25, 0.3) is 0 Å². The summed E-state index contributed by atoms with van der Waals surface area (Å²) in [6, 6.07) is 4.67. The lowest BCUT2D eigenvalue weighted by atomic mass is 10.1. The Morgan fingerprint density at radius 2 is 2.25 bits per heavy atom. The van der Waals surface area contributed by atoms with Crippen LogP contribution >= 0.6 is 0 Å². The molecule has 3 rings (SSSR count). The molecule has 0 aliphatic carbocycles. The van der Waals surface area contributed by atoms with Crippen molar-refractivity contribution >= 4 is 11.6 Å². The predicted molar refractivity (Wildman–Crippen MR) is 61.2 cm³/mol. The lowest BCUT2D eigenvalue weighted by Crippen LogP contribution is -2.37. The molecule has 2 aliphatic heterocycles. The van der Waals surface area contributed by atoms with Gasteiger partial charge in [-0.05, 0) is 25.0 Å². The second-order valence-corrected chi connectivity index (χ2v) is 4.56. The minimum Gasteiger partial charge on any atom is -0.309 e. The van der Waals surface area contributed by atoms with E-state index in [0.29, 0.717) is 18.5 Å². The SMILES string of the molecule is O=C1CC2CCC(CN1c1cccnc1)N2. The van der Waals surface area contributed by atoms with Crippen LogP contribution in [0.5, 0.6) is 0 Å². The number of fused-ring (bicyclic) bond motifs is 2. The van der Waals surface area contributed by atoms with Crippen LogP contribution in [0.4, 0.5) is 5.69 Å². The molecule has 0 saturated carbocycles. The van der Waals surface area contributed by atoms with Crippen LogP contribution in [-0.4, -0.2) is 29.5 Å². The number of rotatable bonds is 1. The van der Waals surface area contributed by atoms with E-state index >= 15 is 0 Å². The van der Waals surface area contributed by atoms with E-state index in [1.165, 1.54) is 6.42 Å². The third kappa shape index (κ3) is 1.69. The van der Waals surface area contributed by atoms with Gasteiger partial charge in [0.1, 0.15) is 0 Å². The summed E-state index contributed by atoms with van der Waals surface area (Å²) in [6.45, 7) is 0.779. The molecule has 16 heavy (non-hydrogen) atoms. The second kappa shape index (κ2) is 3.87. The van der Waals surface area contributed by atoms with Gasteiger partial charge in [-0.3, -0.25) is 9.78 Å². The Bertz CT molecular complexity index is 393. The first kappa shape index (κ1) is 9.78. The van der Waals surface area contributed by atoms with Crippen molar-refractivity contribution in [2.24, 2.45) is 0 Å². The van der Waals surface area contributed by atoms with Gasteiger partial charge >= 0.3 is 0 Å². The molecule has 4 nitrogen and oxygen atoms in total. The van der Waals surface area contributed by atoms with Crippen molar-refractivity contribution in [3.05, 3.63) is 24.5 Å². The summed E-state index contributed by atoms with van der Waals surface area (Å²) in [6.07, 6.45) is 6.42. The molecule has 2 unspecified atom stereocenters. The Morgan fingerprint density at radius 3 is 3.06 bits per heavy atom. The molecule has 1 N–H and O–H groups in total. The summed E-state index contributed by atoms with van der Waals surface area (Å²) in [5.74, 6) is 0.215. The fourth-order valence-electron chi connectivity index (χ4n) is 2.61. The van der Waals surface area contributed by atoms with E-state index in [0.717, 1.165) is 18.7 Å². The van der Waals surface area contributed by atoms with Gasteiger partial charge in [0.2, 0.25) is 5.91 Å². The number of nitrogens with zero attached hydrogens (tertiary/aromatic N) is 2. The number of amides is 1. The summed E-state index contributed by atoms with van der Waals surface area (Å²) in [7, 11) is 0. The second-order valence-electron chi connectivity index (χ2n) is 4.56.